The molecule has 2 aromatic rings. The summed E-state index contributed by atoms with van der Waals surface area (Å²) in [6.45, 7) is 7.13. The Morgan fingerprint density at radius 3 is 2.60 bits per heavy atom. The molecule has 0 bridgehead atoms. The van der Waals surface area contributed by atoms with Crippen LogP contribution in [-0.2, 0) is 0 Å². The normalized spacial score (nSPS) is 10.9. The molecule has 0 spiro atoms. The van der Waals surface area contributed by atoms with Gasteiger partial charge in [-0.1, -0.05) is 25.4 Å². The fourth-order valence-electron chi connectivity index (χ4n) is 1.80. The highest BCUT2D eigenvalue weighted by atomic mass is 79.9. The molecule has 1 N–H and O–H groups in total. The lowest BCUT2D eigenvalue weighted by atomic mass is 10.1. The van der Waals surface area contributed by atoms with E-state index in [2.05, 4.69) is 52.0 Å². The molecule has 0 radical (unpaired) electrons. The van der Waals surface area contributed by atoms with Gasteiger partial charge in [0.25, 0.3) is 0 Å². The van der Waals surface area contributed by atoms with Gasteiger partial charge in [-0.15, -0.1) is 0 Å². The van der Waals surface area contributed by atoms with Crippen molar-refractivity contribution in [1.82, 2.24) is 9.97 Å². The number of aromatic nitrogens is 2. The van der Waals surface area contributed by atoms with E-state index in [9.17, 15) is 0 Å². The van der Waals surface area contributed by atoms with E-state index in [4.69, 9.17) is 11.6 Å². The Hall–Kier alpha value is -1.13. The number of hydrogen-bond acceptors (Lipinski definition) is 3. The van der Waals surface area contributed by atoms with Crippen LogP contribution in [0.15, 0.2) is 28.7 Å². The smallest absolute Gasteiger partial charge is 0.161 e. The van der Waals surface area contributed by atoms with E-state index in [0.717, 1.165) is 28.1 Å². The first-order valence-corrected chi connectivity index (χ1v) is 7.76. The van der Waals surface area contributed by atoms with Crippen molar-refractivity contribution >= 4 is 33.3 Å². The third-order valence-electron chi connectivity index (χ3n) is 2.87. The molecule has 0 aliphatic carbocycles. The minimum atomic E-state index is 0.352. The summed E-state index contributed by atoms with van der Waals surface area (Å²) >= 11 is 9.47. The number of anilines is 1. The van der Waals surface area contributed by atoms with Crippen molar-refractivity contribution in [1.29, 1.82) is 0 Å². The van der Waals surface area contributed by atoms with Gasteiger partial charge in [-0.3, -0.25) is 0 Å². The van der Waals surface area contributed by atoms with Gasteiger partial charge in [0.1, 0.15) is 5.82 Å². The van der Waals surface area contributed by atoms with Gasteiger partial charge < -0.3 is 5.32 Å². The molecule has 0 amide bonds. The molecule has 20 heavy (non-hydrogen) atoms. The van der Waals surface area contributed by atoms with E-state index < -0.39 is 0 Å². The van der Waals surface area contributed by atoms with Crippen LogP contribution < -0.4 is 5.32 Å². The van der Waals surface area contributed by atoms with E-state index >= 15 is 0 Å². The van der Waals surface area contributed by atoms with Crippen molar-refractivity contribution in [2.45, 2.75) is 26.7 Å². The van der Waals surface area contributed by atoms with Crippen molar-refractivity contribution in [3.05, 3.63) is 39.5 Å². The third kappa shape index (κ3) is 3.49. The maximum absolute atomic E-state index is 6.03. The van der Waals surface area contributed by atoms with Crippen LogP contribution in [0.5, 0.6) is 0 Å². The number of halogens is 2. The third-order valence-corrected chi connectivity index (χ3v) is 4.09. The van der Waals surface area contributed by atoms with E-state index in [1.54, 1.807) is 0 Å². The molecule has 1 aromatic heterocycles. The minimum Gasteiger partial charge on any atom is -0.370 e. The molecule has 0 unspecified atom stereocenters. The largest absolute Gasteiger partial charge is 0.370 e. The summed E-state index contributed by atoms with van der Waals surface area (Å²) in [5.41, 5.74) is 1.97. The summed E-state index contributed by atoms with van der Waals surface area (Å²) in [7, 11) is 0. The average molecular weight is 355 g/mol. The Kier molecular flexibility index (Phi) is 5.00. The fraction of sp³-hybridized carbons (Fsp3) is 0.333. The zero-order chi connectivity index (χ0) is 14.7. The average Bonchev–Trinajstić information content (AvgIpc) is 2.42. The van der Waals surface area contributed by atoms with Crippen LogP contribution in [0.2, 0.25) is 5.02 Å². The monoisotopic (exact) mass is 353 g/mol. The van der Waals surface area contributed by atoms with E-state index in [0.29, 0.717) is 16.8 Å². The Morgan fingerprint density at radius 2 is 2.00 bits per heavy atom. The van der Waals surface area contributed by atoms with Crippen molar-refractivity contribution in [2.24, 2.45) is 0 Å². The van der Waals surface area contributed by atoms with Gasteiger partial charge in [0, 0.05) is 28.3 Å². The Bertz CT molecular complexity index is 614. The summed E-state index contributed by atoms with van der Waals surface area (Å²) in [6, 6.07) is 7.72. The van der Waals surface area contributed by atoms with Crippen molar-refractivity contribution in [3.8, 4) is 11.4 Å². The summed E-state index contributed by atoms with van der Waals surface area (Å²) < 4.78 is 0.847. The number of nitrogens with one attached hydrogen (secondary N) is 1. The zero-order valence-electron chi connectivity index (χ0n) is 11.7. The first-order valence-electron chi connectivity index (χ1n) is 6.59. The molecule has 0 fully saturated rings. The van der Waals surface area contributed by atoms with E-state index in [1.807, 2.05) is 24.3 Å². The summed E-state index contributed by atoms with van der Waals surface area (Å²) in [5, 5.41) is 3.93. The fourth-order valence-corrected chi connectivity index (χ4v) is 2.29. The highest BCUT2D eigenvalue weighted by Gasteiger charge is 2.10. The number of rotatable bonds is 4. The topological polar surface area (TPSA) is 37.8 Å². The van der Waals surface area contributed by atoms with Crippen LogP contribution in [0.1, 0.15) is 32.4 Å². The molecule has 0 aliphatic heterocycles. The Balaban J connectivity index is 2.51. The van der Waals surface area contributed by atoms with E-state index in [-0.39, 0.29) is 0 Å². The lowest BCUT2D eigenvalue weighted by Crippen LogP contribution is -2.05. The highest BCUT2D eigenvalue weighted by molar-refractivity contribution is 9.10. The summed E-state index contributed by atoms with van der Waals surface area (Å²) in [6.07, 6.45) is 0. The Morgan fingerprint density at radius 1 is 1.25 bits per heavy atom. The molecule has 0 saturated carbocycles. The quantitative estimate of drug-likeness (QED) is 0.828. The molecular weight excluding hydrogens is 338 g/mol. The lowest BCUT2D eigenvalue weighted by Gasteiger charge is -2.11. The maximum atomic E-state index is 6.03. The minimum absolute atomic E-state index is 0.352. The van der Waals surface area contributed by atoms with Crippen molar-refractivity contribution in [3.63, 3.8) is 0 Å². The van der Waals surface area contributed by atoms with Crippen molar-refractivity contribution in [2.75, 3.05) is 11.9 Å². The second kappa shape index (κ2) is 6.55. The standard InChI is InChI=1S/C15H17BrClN3/c1-4-18-14-8-13(9(2)3)19-15(20-14)10-5-6-12(17)11(16)7-10/h5-9H,4H2,1-3H3,(H,18,19,20). The molecule has 1 aromatic carbocycles. The van der Waals surface area contributed by atoms with Gasteiger partial charge >= 0.3 is 0 Å². The Labute approximate surface area is 132 Å². The van der Waals surface area contributed by atoms with Gasteiger partial charge in [0.05, 0.1) is 5.02 Å². The molecule has 0 aliphatic rings. The van der Waals surface area contributed by atoms with Crippen LogP contribution in [-0.4, -0.2) is 16.5 Å². The predicted molar refractivity (Wildman–Crippen MR) is 88.4 cm³/mol. The van der Waals surface area contributed by atoms with Gasteiger partial charge in [0.15, 0.2) is 5.82 Å². The first-order chi connectivity index (χ1) is 9.51. The second-order valence-electron chi connectivity index (χ2n) is 4.82. The molecule has 2 rings (SSSR count). The molecular formula is C15H17BrClN3. The summed E-state index contributed by atoms with van der Waals surface area (Å²) in [5.74, 6) is 1.92. The second-order valence-corrected chi connectivity index (χ2v) is 6.08. The number of benzene rings is 1. The molecule has 106 valence electrons. The lowest BCUT2D eigenvalue weighted by molar-refractivity contribution is 0.817. The van der Waals surface area contributed by atoms with Gasteiger partial charge in [-0.25, -0.2) is 9.97 Å². The van der Waals surface area contributed by atoms with Crippen LogP contribution in [0, 0.1) is 0 Å². The first kappa shape index (κ1) is 15.3. The maximum Gasteiger partial charge on any atom is 0.161 e. The van der Waals surface area contributed by atoms with Crippen molar-refractivity contribution < 1.29 is 0 Å². The van der Waals surface area contributed by atoms with Gasteiger partial charge in [-0.05, 0) is 47.0 Å². The molecule has 5 heteroatoms. The van der Waals surface area contributed by atoms with Crippen LogP contribution in [0.3, 0.4) is 0 Å². The summed E-state index contributed by atoms with van der Waals surface area (Å²) in [4.78, 5) is 9.20. The van der Waals surface area contributed by atoms with Crippen LogP contribution in [0.25, 0.3) is 11.4 Å². The molecule has 0 atom stereocenters. The van der Waals surface area contributed by atoms with Gasteiger partial charge in [0.2, 0.25) is 0 Å². The van der Waals surface area contributed by atoms with Crippen LogP contribution >= 0.6 is 27.5 Å². The SMILES string of the molecule is CCNc1cc(C(C)C)nc(-c2ccc(Cl)c(Br)c2)n1. The van der Waals surface area contributed by atoms with E-state index in [1.165, 1.54) is 0 Å². The number of hydrogen-bond donors (Lipinski definition) is 1. The zero-order valence-corrected chi connectivity index (χ0v) is 14.1. The molecule has 3 nitrogen and oxygen atoms in total. The van der Waals surface area contributed by atoms with Crippen LogP contribution in [0.4, 0.5) is 5.82 Å². The number of nitrogens with zero attached hydrogens (tertiary/aromatic N) is 2. The van der Waals surface area contributed by atoms with Gasteiger partial charge in [-0.2, -0.15) is 0 Å². The highest BCUT2D eigenvalue weighted by Crippen LogP contribution is 2.28. The molecule has 1 heterocycles. The predicted octanol–water partition coefficient (Wildman–Crippen LogP) is 5.11. The molecule has 0 saturated heterocycles.